The van der Waals surface area contributed by atoms with Crippen molar-refractivity contribution in [1.29, 1.82) is 0 Å². The van der Waals surface area contributed by atoms with Crippen molar-refractivity contribution in [3.8, 4) is 0 Å². The number of nitrogens with one attached hydrogen (secondary N) is 1. The Bertz CT molecular complexity index is 406. The van der Waals surface area contributed by atoms with Crippen molar-refractivity contribution in [2.75, 3.05) is 5.32 Å². The van der Waals surface area contributed by atoms with Gasteiger partial charge in [0.1, 0.15) is 6.04 Å². The summed E-state index contributed by atoms with van der Waals surface area (Å²) in [5.41, 5.74) is 2.78. The average Bonchev–Trinajstić information content (AvgIpc) is 2.14. The van der Waals surface area contributed by atoms with Gasteiger partial charge in [0.05, 0.1) is 0 Å². The Balaban J connectivity index is 3.05. The summed E-state index contributed by atoms with van der Waals surface area (Å²) in [6, 6.07) is 3.07. The van der Waals surface area contributed by atoms with Gasteiger partial charge in [0, 0.05) is 10.7 Å². The maximum Gasteiger partial charge on any atom is 0.326 e. The van der Waals surface area contributed by atoms with Crippen LogP contribution in [0.5, 0.6) is 0 Å². The molecule has 0 saturated carbocycles. The van der Waals surface area contributed by atoms with Crippen LogP contribution in [0.2, 0.25) is 5.02 Å². The first-order valence-electron chi connectivity index (χ1n) is 5.59. The van der Waals surface area contributed by atoms with E-state index >= 15 is 0 Å². The number of hydrogen-bond acceptors (Lipinski definition) is 2. The molecule has 0 spiro atoms. The minimum Gasteiger partial charge on any atom is -0.480 e. The van der Waals surface area contributed by atoms with Crippen LogP contribution in [0.3, 0.4) is 0 Å². The predicted molar refractivity (Wildman–Crippen MR) is 70.8 cm³/mol. The van der Waals surface area contributed by atoms with Crippen molar-refractivity contribution in [3.05, 3.63) is 28.3 Å². The molecule has 1 aromatic carbocycles. The van der Waals surface area contributed by atoms with Crippen LogP contribution in [0.25, 0.3) is 0 Å². The first kappa shape index (κ1) is 13.8. The minimum absolute atomic E-state index is 0.0157. The molecule has 0 saturated heterocycles. The lowest BCUT2D eigenvalue weighted by Crippen LogP contribution is -2.34. The van der Waals surface area contributed by atoms with E-state index in [9.17, 15) is 4.79 Å². The van der Waals surface area contributed by atoms with Gasteiger partial charge in [-0.15, -0.1) is 0 Å². The van der Waals surface area contributed by atoms with Gasteiger partial charge in [-0.05, 0) is 43.0 Å². The Labute approximate surface area is 107 Å². The number of rotatable bonds is 4. The lowest BCUT2D eigenvalue weighted by Gasteiger charge is -2.22. The van der Waals surface area contributed by atoms with Crippen molar-refractivity contribution < 1.29 is 9.90 Å². The van der Waals surface area contributed by atoms with E-state index in [1.54, 1.807) is 0 Å². The van der Waals surface area contributed by atoms with Crippen LogP contribution >= 0.6 is 11.6 Å². The molecule has 0 aliphatic rings. The number of halogens is 1. The molecule has 0 aliphatic heterocycles. The number of benzene rings is 1. The monoisotopic (exact) mass is 255 g/mol. The van der Waals surface area contributed by atoms with Crippen LogP contribution in [0.15, 0.2) is 12.1 Å². The normalized spacial score (nSPS) is 12.6. The number of carboxylic acid groups (broad SMARTS) is 1. The molecule has 0 fully saturated rings. The molecular formula is C13H18ClNO2. The van der Waals surface area contributed by atoms with Crippen LogP contribution in [-0.4, -0.2) is 17.1 Å². The van der Waals surface area contributed by atoms with Gasteiger partial charge in [-0.3, -0.25) is 0 Å². The first-order chi connectivity index (χ1) is 7.82. The molecule has 0 bridgehead atoms. The second-order valence-corrected chi connectivity index (χ2v) is 5.06. The number of carboxylic acids is 1. The van der Waals surface area contributed by atoms with Gasteiger partial charge in [-0.25, -0.2) is 4.79 Å². The average molecular weight is 256 g/mol. The molecule has 1 rings (SSSR count). The van der Waals surface area contributed by atoms with E-state index in [1.165, 1.54) is 0 Å². The van der Waals surface area contributed by atoms with E-state index in [4.69, 9.17) is 16.7 Å². The molecule has 2 N–H and O–H groups in total. The third-order valence-electron chi connectivity index (χ3n) is 2.73. The van der Waals surface area contributed by atoms with Crippen LogP contribution in [-0.2, 0) is 4.79 Å². The van der Waals surface area contributed by atoms with Gasteiger partial charge in [-0.1, -0.05) is 25.4 Å². The van der Waals surface area contributed by atoms with Crippen molar-refractivity contribution in [3.63, 3.8) is 0 Å². The smallest absolute Gasteiger partial charge is 0.326 e. The van der Waals surface area contributed by atoms with Crippen LogP contribution in [0.1, 0.15) is 25.0 Å². The third-order valence-corrected chi connectivity index (χ3v) is 2.95. The van der Waals surface area contributed by atoms with E-state index in [0.717, 1.165) is 16.8 Å². The summed E-state index contributed by atoms with van der Waals surface area (Å²) in [7, 11) is 0. The lowest BCUT2D eigenvalue weighted by molar-refractivity contribution is -0.138. The fourth-order valence-corrected chi connectivity index (χ4v) is 2.13. The largest absolute Gasteiger partial charge is 0.480 e. The van der Waals surface area contributed by atoms with Crippen LogP contribution < -0.4 is 5.32 Å². The molecule has 0 aliphatic carbocycles. The van der Waals surface area contributed by atoms with Gasteiger partial charge in [0.15, 0.2) is 0 Å². The van der Waals surface area contributed by atoms with Crippen molar-refractivity contribution in [2.24, 2.45) is 5.92 Å². The highest BCUT2D eigenvalue weighted by molar-refractivity contribution is 6.30. The Morgan fingerprint density at radius 1 is 1.29 bits per heavy atom. The van der Waals surface area contributed by atoms with E-state index in [0.29, 0.717) is 5.02 Å². The topological polar surface area (TPSA) is 49.3 Å². The molecule has 0 amide bonds. The predicted octanol–water partition coefficient (Wildman–Crippen LogP) is 3.48. The number of anilines is 1. The number of aliphatic carboxylic acids is 1. The highest BCUT2D eigenvalue weighted by atomic mass is 35.5. The number of aryl methyl sites for hydroxylation is 2. The quantitative estimate of drug-likeness (QED) is 0.866. The third kappa shape index (κ3) is 3.37. The molecule has 17 heavy (non-hydrogen) atoms. The minimum atomic E-state index is -0.839. The Morgan fingerprint density at radius 2 is 1.76 bits per heavy atom. The summed E-state index contributed by atoms with van der Waals surface area (Å²) >= 11 is 5.94. The Kier molecular flexibility index (Phi) is 4.40. The van der Waals surface area contributed by atoms with Gasteiger partial charge in [0.2, 0.25) is 0 Å². The highest BCUT2D eigenvalue weighted by Crippen LogP contribution is 2.26. The van der Waals surface area contributed by atoms with E-state index in [-0.39, 0.29) is 5.92 Å². The zero-order valence-electron chi connectivity index (χ0n) is 10.5. The molecule has 0 radical (unpaired) electrons. The zero-order valence-corrected chi connectivity index (χ0v) is 11.3. The summed E-state index contributed by atoms with van der Waals surface area (Å²) in [6.45, 7) is 7.60. The summed E-state index contributed by atoms with van der Waals surface area (Å²) in [4.78, 5) is 11.1. The molecular weight excluding hydrogens is 238 g/mol. The number of hydrogen-bond donors (Lipinski definition) is 2. The Morgan fingerprint density at radius 3 is 2.12 bits per heavy atom. The SMILES string of the molecule is Cc1cc(Cl)cc(C)c1N[C@H](C(=O)O)C(C)C. The van der Waals surface area contributed by atoms with Gasteiger partial charge in [-0.2, -0.15) is 0 Å². The summed E-state index contributed by atoms with van der Waals surface area (Å²) in [5.74, 6) is -0.823. The molecule has 0 heterocycles. The van der Waals surface area contributed by atoms with E-state index in [2.05, 4.69) is 5.32 Å². The van der Waals surface area contributed by atoms with Crippen molar-refractivity contribution >= 4 is 23.3 Å². The molecule has 0 aromatic heterocycles. The highest BCUT2D eigenvalue weighted by Gasteiger charge is 2.22. The van der Waals surface area contributed by atoms with Gasteiger partial charge in [0.25, 0.3) is 0 Å². The van der Waals surface area contributed by atoms with Gasteiger partial charge < -0.3 is 10.4 Å². The summed E-state index contributed by atoms with van der Waals surface area (Å²) in [6.07, 6.45) is 0. The fourth-order valence-electron chi connectivity index (χ4n) is 1.81. The maximum atomic E-state index is 11.1. The molecule has 94 valence electrons. The standard InChI is InChI=1S/C13H18ClNO2/c1-7(2)11(13(16)17)15-12-8(3)5-10(14)6-9(12)4/h5-7,11,15H,1-4H3,(H,16,17)/t11-/m0/s1. The van der Waals surface area contributed by atoms with Crippen LogP contribution in [0, 0.1) is 19.8 Å². The second-order valence-electron chi connectivity index (χ2n) is 4.62. The number of carbonyl (C=O) groups is 1. The maximum absolute atomic E-state index is 11.1. The van der Waals surface area contributed by atoms with E-state index < -0.39 is 12.0 Å². The van der Waals surface area contributed by atoms with Crippen molar-refractivity contribution in [2.45, 2.75) is 33.7 Å². The molecule has 1 aromatic rings. The zero-order chi connectivity index (χ0) is 13.2. The van der Waals surface area contributed by atoms with Crippen LogP contribution in [0.4, 0.5) is 5.69 Å². The summed E-state index contributed by atoms with van der Waals surface area (Å²) in [5, 5.41) is 12.9. The van der Waals surface area contributed by atoms with Gasteiger partial charge >= 0.3 is 5.97 Å². The van der Waals surface area contributed by atoms with E-state index in [1.807, 2.05) is 39.8 Å². The first-order valence-corrected chi connectivity index (χ1v) is 5.96. The molecule has 0 unspecified atom stereocenters. The lowest BCUT2D eigenvalue weighted by atomic mass is 10.0. The molecule has 3 nitrogen and oxygen atoms in total. The molecule has 4 heteroatoms. The fraction of sp³-hybridized carbons (Fsp3) is 0.462. The van der Waals surface area contributed by atoms with Crippen molar-refractivity contribution in [1.82, 2.24) is 0 Å². The summed E-state index contributed by atoms with van der Waals surface area (Å²) < 4.78 is 0. The molecule has 1 atom stereocenters. The Hall–Kier alpha value is -1.22. The second kappa shape index (κ2) is 5.41.